The van der Waals surface area contributed by atoms with Gasteiger partial charge in [0.2, 0.25) is 0 Å². The molecule has 0 heterocycles. The molecule has 0 aromatic carbocycles. The molecule has 0 saturated heterocycles. The van der Waals surface area contributed by atoms with Crippen molar-refractivity contribution in [2.75, 3.05) is 0 Å². The van der Waals surface area contributed by atoms with Crippen LogP contribution in [-0.2, 0) is 0 Å². The van der Waals surface area contributed by atoms with Gasteiger partial charge in [-0.25, -0.2) is 0 Å². The first-order valence-corrected chi connectivity index (χ1v) is 3.06. The summed E-state index contributed by atoms with van der Waals surface area (Å²) in [5, 5.41) is 8.66. The Morgan fingerprint density at radius 1 is 1.50 bits per heavy atom. The SMILES string of the molecule is C#CC1(C#N)C=CC=CC1. The molecular formula is C9H7N. The molecule has 0 aromatic rings. The first kappa shape index (κ1) is 6.65. The van der Waals surface area contributed by atoms with Crippen LogP contribution in [0.15, 0.2) is 24.3 Å². The highest BCUT2D eigenvalue weighted by Crippen LogP contribution is 2.25. The lowest BCUT2D eigenvalue weighted by atomic mass is 9.84. The van der Waals surface area contributed by atoms with Gasteiger partial charge in [-0.05, 0) is 6.42 Å². The van der Waals surface area contributed by atoms with Crippen LogP contribution < -0.4 is 0 Å². The Morgan fingerprint density at radius 3 is 2.60 bits per heavy atom. The molecule has 0 saturated carbocycles. The molecule has 1 unspecified atom stereocenters. The van der Waals surface area contributed by atoms with Gasteiger partial charge in [-0.2, -0.15) is 5.26 Å². The zero-order valence-corrected chi connectivity index (χ0v) is 5.54. The summed E-state index contributed by atoms with van der Waals surface area (Å²) < 4.78 is 0. The predicted octanol–water partition coefficient (Wildman–Crippen LogP) is 1.65. The second-order valence-corrected chi connectivity index (χ2v) is 2.22. The van der Waals surface area contributed by atoms with Gasteiger partial charge in [-0.15, -0.1) is 6.42 Å². The number of nitrogens with zero attached hydrogens (tertiary/aromatic N) is 1. The number of hydrogen-bond acceptors (Lipinski definition) is 1. The molecular weight excluding hydrogens is 122 g/mol. The maximum Gasteiger partial charge on any atom is 0.139 e. The molecule has 1 heteroatoms. The normalized spacial score (nSPS) is 29.0. The summed E-state index contributed by atoms with van der Waals surface area (Å²) in [6, 6.07) is 2.09. The fraction of sp³-hybridized carbons (Fsp3) is 0.222. The largest absolute Gasteiger partial charge is 0.196 e. The third kappa shape index (κ3) is 0.946. The fourth-order valence-electron chi connectivity index (χ4n) is 0.843. The fourth-order valence-corrected chi connectivity index (χ4v) is 0.843. The van der Waals surface area contributed by atoms with E-state index in [1.165, 1.54) is 0 Å². The lowest BCUT2D eigenvalue weighted by Crippen LogP contribution is -2.12. The summed E-state index contributed by atoms with van der Waals surface area (Å²) in [5.41, 5.74) is -0.672. The van der Waals surface area contributed by atoms with E-state index in [0.29, 0.717) is 6.42 Å². The molecule has 0 N–H and O–H groups in total. The van der Waals surface area contributed by atoms with E-state index in [4.69, 9.17) is 11.7 Å². The summed E-state index contributed by atoms with van der Waals surface area (Å²) in [4.78, 5) is 0. The molecule has 1 aliphatic carbocycles. The standard InChI is InChI=1S/C9H7N/c1-2-9(8-10)6-4-3-5-7-9/h1,3-6H,7H2. The minimum atomic E-state index is -0.672. The van der Waals surface area contributed by atoms with Crippen molar-refractivity contribution in [3.8, 4) is 18.4 Å². The van der Waals surface area contributed by atoms with Gasteiger partial charge in [0.1, 0.15) is 5.41 Å². The van der Waals surface area contributed by atoms with E-state index in [1.54, 1.807) is 6.08 Å². The summed E-state index contributed by atoms with van der Waals surface area (Å²) in [6.45, 7) is 0. The van der Waals surface area contributed by atoms with Gasteiger partial charge in [-0.1, -0.05) is 30.2 Å². The Hall–Kier alpha value is -1.47. The van der Waals surface area contributed by atoms with Crippen LogP contribution in [0.25, 0.3) is 0 Å². The van der Waals surface area contributed by atoms with Crippen LogP contribution in [0.2, 0.25) is 0 Å². The highest BCUT2D eigenvalue weighted by molar-refractivity contribution is 5.33. The zero-order chi connectivity index (χ0) is 7.45. The van der Waals surface area contributed by atoms with Gasteiger partial charge < -0.3 is 0 Å². The zero-order valence-electron chi connectivity index (χ0n) is 5.54. The first-order valence-electron chi connectivity index (χ1n) is 3.06. The number of allylic oxidation sites excluding steroid dienone is 4. The Morgan fingerprint density at radius 2 is 2.30 bits per heavy atom. The first-order chi connectivity index (χ1) is 4.83. The smallest absolute Gasteiger partial charge is 0.139 e. The second-order valence-electron chi connectivity index (χ2n) is 2.22. The Labute approximate surface area is 60.7 Å². The third-order valence-electron chi connectivity index (χ3n) is 1.52. The lowest BCUT2D eigenvalue weighted by molar-refractivity contribution is 0.680. The van der Waals surface area contributed by atoms with Crippen LogP contribution in [0.5, 0.6) is 0 Å². The average Bonchev–Trinajstić information content (AvgIpc) is 2.06. The van der Waals surface area contributed by atoms with Crippen LogP contribution in [0.1, 0.15) is 6.42 Å². The van der Waals surface area contributed by atoms with E-state index in [2.05, 4.69) is 12.0 Å². The van der Waals surface area contributed by atoms with Crippen LogP contribution in [0.3, 0.4) is 0 Å². The molecule has 0 spiro atoms. The van der Waals surface area contributed by atoms with Crippen LogP contribution in [-0.4, -0.2) is 0 Å². The monoisotopic (exact) mass is 129 g/mol. The number of nitriles is 1. The maximum absolute atomic E-state index is 8.66. The summed E-state index contributed by atoms with van der Waals surface area (Å²) in [6.07, 6.45) is 13.2. The number of hydrogen-bond donors (Lipinski definition) is 0. The maximum atomic E-state index is 8.66. The molecule has 0 aromatic heterocycles. The van der Waals surface area contributed by atoms with Crippen molar-refractivity contribution in [1.29, 1.82) is 5.26 Å². The van der Waals surface area contributed by atoms with Crippen molar-refractivity contribution in [1.82, 2.24) is 0 Å². The molecule has 0 bridgehead atoms. The molecule has 0 radical (unpaired) electrons. The van der Waals surface area contributed by atoms with E-state index in [9.17, 15) is 0 Å². The quantitative estimate of drug-likeness (QED) is 0.456. The Bertz CT molecular complexity index is 243. The molecule has 0 amide bonds. The van der Waals surface area contributed by atoms with Crippen LogP contribution >= 0.6 is 0 Å². The van der Waals surface area contributed by atoms with E-state index in [-0.39, 0.29) is 0 Å². The van der Waals surface area contributed by atoms with Crippen LogP contribution in [0, 0.1) is 29.1 Å². The molecule has 0 aliphatic heterocycles. The molecule has 1 aliphatic rings. The molecule has 1 atom stereocenters. The van der Waals surface area contributed by atoms with Crippen molar-refractivity contribution in [2.45, 2.75) is 6.42 Å². The third-order valence-corrected chi connectivity index (χ3v) is 1.52. The van der Waals surface area contributed by atoms with Gasteiger partial charge in [-0.3, -0.25) is 0 Å². The number of terminal acetylenes is 1. The Kier molecular flexibility index (Phi) is 1.61. The van der Waals surface area contributed by atoms with E-state index >= 15 is 0 Å². The van der Waals surface area contributed by atoms with Crippen molar-refractivity contribution < 1.29 is 0 Å². The number of rotatable bonds is 0. The van der Waals surface area contributed by atoms with Crippen molar-refractivity contribution >= 4 is 0 Å². The predicted molar refractivity (Wildman–Crippen MR) is 39.8 cm³/mol. The minimum absolute atomic E-state index is 0.635. The van der Waals surface area contributed by atoms with E-state index < -0.39 is 5.41 Å². The van der Waals surface area contributed by atoms with Crippen molar-refractivity contribution in [3.05, 3.63) is 24.3 Å². The molecule has 0 fully saturated rings. The van der Waals surface area contributed by atoms with Gasteiger partial charge in [0.15, 0.2) is 0 Å². The van der Waals surface area contributed by atoms with Crippen LogP contribution in [0.4, 0.5) is 0 Å². The van der Waals surface area contributed by atoms with Gasteiger partial charge >= 0.3 is 0 Å². The van der Waals surface area contributed by atoms with E-state index in [0.717, 1.165) is 0 Å². The van der Waals surface area contributed by atoms with Gasteiger partial charge in [0.05, 0.1) is 6.07 Å². The Balaban J connectivity index is 2.93. The molecule has 48 valence electrons. The highest BCUT2D eigenvalue weighted by Gasteiger charge is 2.22. The highest BCUT2D eigenvalue weighted by atomic mass is 14.3. The van der Waals surface area contributed by atoms with E-state index in [1.807, 2.05) is 18.2 Å². The molecule has 10 heavy (non-hydrogen) atoms. The van der Waals surface area contributed by atoms with Gasteiger partial charge in [0.25, 0.3) is 0 Å². The summed E-state index contributed by atoms with van der Waals surface area (Å²) in [5.74, 6) is 2.47. The van der Waals surface area contributed by atoms with Crippen molar-refractivity contribution in [2.24, 2.45) is 5.41 Å². The minimum Gasteiger partial charge on any atom is -0.196 e. The molecule has 1 nitrogen and oxygen atoms in total. The average molecular weight is 129 g/mol. The van der Waals surface area contributed by atoms with Crippen molar-refractivity contribution in [3.63, 3.8) is 0 Å². The lowest BCUT2D eigenvalue weighted by Gasteiger charge is -2.14. The molecule has 1 rings (SSSR count). The second kappa shape index (κ2) is 2.42. The summed E-state index contributed by atoms with van der Waals surface area (Å²) >= 11 is 0. The topological polar surface area (TPSA) is 23.8 Å². The summed E-state index contributed by atoms with van der Waals surface area (Å²) in [7, 11) is 0. The van der Waals surface area contributed by atoms with Gasteiger partial charge in [0, 0.05) is 0 Å².